The van der Waals surface area contributed by atoms with E-state index in [2.05, 4.69) is 64.9 Å². The van der Waals surface area contributed by atoms with Crippen molar-refractivity contribution in [2.24, 2.45) is 0 Å². The van der Waals surface area contributed by atoms with Gasteiger partial charge in [0, 0.05) is 0 Å². The van der Waals surface area contributed by atoms with Crippen LogP contribution in [0.2, 0.25) is 0 Å². The first-order valence-corrected chi connectivity index (χ1v) is 11.2. The molecule has 0 aromatic carbocycles. The van der Waals surface area contributed by atoms with Gasteiger partial charge < -0.3 is 0 Å². The second kappa shape index (κ2) is 5.98. The summed E-state index contributed by atoms with van der Waals surface area (Å²) in [7, 11) is 2.32. The Hall–Kier alpha value is 0.679. The fraction of sp³-hybridized carbons (Fsp3) is 1.00. The number of nitrogens with zero attached hydrogens (tertiary/aromatic N) is 3. The number of rotatable bonds is 6. The molecule has 1 aliphatic heterocycles. The van der Waals surface area contributed by atoms with E-state index in [4.69, 9.17) is 0 Å². The Kier molecular flexibility index (Phi) is 5.56. The Labute approximate surface area is 122 Å². The van der Waals surface area contributed by atoms with Crippen LogP contribution < -0.4 is 0 Å². The second-order valence-electron chi connectivity index (χ2n) is 6.64. The predicted octanol–water partition coefficient (Wildman–Crippen LogP) is 2.88. The van der Waals surface area contributed by atoms with Crippen LogP contribution in [0.5, 0.6) is 0 Å². The van der Waals surface area contributed by atoms with Crippen molar-refractivity contribution in [3.05, 3.63) is 0 Å². The summed E-state index contributed by atoms with van der Waals surface area (Å²) in [5.41, 5.74) is 0.747. The molecule has 0 aromatic heterocycles. The minimum atomic E-state index is -1.76. The number of hydrogen-bond donors (Lipinski definition) is 0. The van der Waals surface area contributed by atoms with Crippen LogP contribution in [0, 0.1) is 0 Å². The fourth-order valence-electron chi connectivity index (χ4n) is 2.20. The molecule has 1 fully saturated rings. The molecule has 0 atom stereocenters. The molecule has 0 spiro atoms. The third kappa shape index (κ3) is 3.05. The molecule has 1 heterocycles. The van der Waals surface area contributed by atoms with Gasteiger partial charge in [-0.1, -0.05) is 0 Å². The topological polar surface area (TPSA) is 9.72 Å². The summed E-state index contributed by atoms with van der Waals surface area (Å²) in [5, 5.41) is 0. The fourth-order valence-corrected chi connectivity index (χ4v) is 11.1. The van der Waals surface area contributed by atoms with Crippen LogP contribution >= 0.6 is 0 Å². The maximum atomic E-state index is 2.83. The standard InChI is InChI=1S/C11H24N2.C3H8N.Sn/c1-7-10(3,4)12-9-13-11(5,6)8-2;1-3-4-2;/h7-9H2,1-6H3;3H2,1-2H3;/q-2;-1;+3. The van der Waals surface area contributed by atoms with E-state index in [-0.39, 0.29) is 0 Å². The first kappa shape index (κ1) is 16.7. The van der Waals surface area contributed by atoms with Gasteiger partial charge in [-0.3, -0.25) is 0 Å². The van der Waals surface area contributed by atoms with Crippen molar-refractivity contribution in [1.29, 1.82) is 0 Å². The second-order valence-corrected chi connectivity index (χ2v) is 13.6. The molecule has 107 valence electrons. The summed E-state index contributed by atoms with van der Waals surface area (Å²) in [6.45, 7) is 18.9. The zero-order valence-corrected chi connectivity index (χ0v) is 16.5. The van der Waals surface area contributed by atoms with Gasteiger partial charge in [0.1, 0.15) is 0 Å². The van der Waals surface area contributed by atoms with Crippen LogP contribution in [0.1, 0.15) is 61.3 Å². The summed E-state index contributed by atoms with van der Waals surface area (Å²) in [4.78, 5) is 0. The van der Waals surface area contributed by atoms with Crippen molar-refractivity contribution in [1.82, 2.24) is 9.36 Å². The van der Waals surface area contributed by atoms with Gasteiger partial charge in [-0.15, -0.1) is 0 Å². The van der Waals surface area contributed by atoms with Gasteiger partial charge in [0.05, 0.1) is 0 Å². The molecule has 1 saturated heterocycles. The Morgan fingerprint density at radius 3 is 1.61 bits per heavy atom. The van der Waals surface area contributed by atoms with E-state index in [0.717, 1.165) is 0 Å². The normalized spacial score (nSPS) is 20.5. The summed E-state index contributed by atoms with van der Waals surface area (Å²) in [6, 6.07) is 0. The van der Waals surface area contributed by atoms with Gasteiger partial charge in [-0.05, 0) is 0 Å². The zero-order valence-electron chi connectivity index (χ0n) is 13.7. The molecule has 0 N–H and O–H groups in total. The Morgan fingerprint density at radius 2 is 1.33 bits per heavy atom. The van der Waals surface area contributed by atoms with Gasteiger partial charge in [-0.25, -0.2) is 0 Å². The van der Waals surface area contributed by atoms with Crippen LogP contribution in [0.15, 0.2) is 0 Å². The van der Waals surface area contributed by atoms with Crippen LogP contribution in [-0.2, 0) is 0 Å². The SMILES string of the molecule is CC[N](C)[Sn]1[N](C(C)(C)CC)C[N]1C(C)(C)CC. The number of hydrogen-bond acceptors (Lipinski definition) is 3. The molecule has 1 radical (unpaired) electrons. The summed E-state index contributed by atoms with van der Waals surface area (Å²) < 4.78 is 8.31. The third-order valence-electron chi connectivity index (χ3n) is 4.77. The van der Waals surface area contributed by atoms with E-state index in [1.165, 1.54) is 26.1 Å². The molecular formula is C14H32N3Sn. The van der Waals surface area contributed by atoms with Crippen molar-refractivity contribution < 1.29 is 0 Å². The molecule has 0 bridgehead atoms. The summed E-state index contributed by atoms with van der Waals surface area (Å²) in [5.74, 6) is 0. The van der Waals surface area contributed by atoms with E-state index < -0.39 is 20.6 Å². The van der Waals surface area contributed by atoms with E-state index in [0.29, 0.717) is 11.1 Å². The Morgan fingerprint density at radius 1 is 0.944 bits per heavy atom. The van der Waals surface area contributed by atoms with Gasteiger partial charge in [0.2, 0.25) is 0 Å². The molecule has 0 amide bonds. The van der Waals surface area contributed by atoms with Crippen LogP contribution in [-0.4, -0.2) is 61.3 Å². The Bertz CT molecular complexity index is 256. The molecule has 1 rings (SSSR count). The van der Waals surface area contributed by atoms with E-state index in [1.807, 2.05) is 0 Å². The van der Waals surface area contributed by atoms with Crippen LogP contribution in [0.3, 0.4) is 0 Å². The minimum absolute atomic E-state index is 0.374. The molecule has 18 heavy (non-hydrogen) atoms. The molecule has 0 unspecified atom stereocenters. The van der Waals surface area contributed by atoms with Gasteiger partial charge in [0.15, 0.2) is 0 Å². The first-order chi connectivity index (χ1) is 8.21. The van der Waals surface area contributed by atoms with E-state index in [1.54, 1.807) is 0 Å². The predicted molar refractivity (Wildman–Crippen MR) is 81.3 cm³/mol. The molecule has 3 nitrogen and oxygen atoms in total. The first-order valence-electron chi connectivity index (χ1n) is 7.34. The molecule has 0 aliphatic carbocycles. The van der Waals surface area contributed by atoms with Crippen molar-refractivity contribution in [2.75, 3.05) is 20.3 Å². The van der Waals surface area contributed by atoms with Gasteiger partial charge >= 0.3 is 123 Å². The van der Waals surface area contributed by atoms with Gasteiger partial charge in [0.25, 0.3) is 0 Å². The van der Waals surface area contributed by atoms with E-state index in [9.17, 15) is 0 Å². The summed E-state index contributed by atoms with van der Waals surface area (Å²) in [6.07, 6.45) is 2.49. The molecular weight excluding hydrogens is 329 g/mol. The molecule has 0 aromatic rings. The molecule has 4 heteroatoms. The maximum absolute atomic E-state index is 2.83. The third-order valence-corrected chi connectivity index (χ3v) is 14.6. The van der Waals surface area contributed by atoms with Crippen molar-refractivity contribution in [3.8, 4) is 0 Å². The quantitative estimate of drug-likeness (QED) is 0.674. The molecule has 0 saturated carbocycles. The average Bonchev–Trinajstić information content (AvgIpc) is 2.26. The monoisotopic (exact) mass is 362 g/mol. The van der Waals surface area contributed by atoms with Crippen LogP contribution in [0.4, 0.5) is 0 Å². The summed E-state index contributed by atoms with van der Waals surface area (Å²) >= 11 is -1.76. The molecule has 1 aliphatic rings. The average molecular weight is 361 g/mol. The van der Waals surface area contributed by atoms with Crippen molar-refractivity contribution in [2.45, 2.75) is 72.4 Å². The van der Waals surface area contributed by atoms with Crippen LogP contribution in [0.25, 0.3) is 0 Å². The zero-order chi connectivity index (χ0) is 14.1. The van der Waals surface area contributed by atoms with Crippen molar-refractivity contribution in [3.63, 3.8) is 0 Å². The van der Waals surface area contributed by atoms with Crippen molar-refractivity contribution >= 4 is 20.6 Å². The Balaban J connectivity index is 2.89. The van der Waals surface area contributed by atoms with E-state index >= 15 is 0 Å². The van der Waals surface area contributed by atoms with Gasteiger partial charge in [-0.2, -0.15) is 0 Å².